The van der Waals surface area contributed by atoms with Crippen molar-refractivity contribution >= 4 is 38.9 Å². The molecule has 0 heterocycles. The van der Waals surface area contributed by atoms with Crippen LogP contribution in [-0.2, 0) is 10.0 Å². The normalized spacial score (nSPS) is 11.4. The molecule has 0 spiro atoms. The molecule has 0 unspecified atom stereocenters. The van der Waals surface area contributed by atoms with Crippen LogP contribution in [0.25, 0.3) is 0 Å². The standard InChI is InChI=1S/C17H18ClN3O5S/c1-3-20(4-2)27(25,26)12-9-10-14(18)13(11-12)17(22)19-15-7-5-6-8-16(15)21(23)24/h5-11H,3-4H2,1-2H3,(H,19,22). The Hall–Kier alpha value is -2.49. The summed E-state index contributed by atoms with van der Waals surface area (Å²) >= 11 is 6.05. The number of anilines is 1. The molecule has 0 fully saturated rings. The number of nitro groups is 1. The summed E-state index contributed by atoms with van der Waals surface area (Å²) in [6, 6.07) is 9.42. The number of hydrogen-bond donors (Lipinski definition) is 1. The van der Waals surface area contributed by atoms with Gasteiger partial charge < -0.3 is 5.32 Å². The Kier molecular flexibility index (Phi) is 6.53. The van der Waals surface area contributed by atoms with Gasteiger partial charge in [0.25, 0.3) is 11.6 Å². The smallest absolute Gasteiger partial charge is 0.292 e. The number of nitrogens with zero attached hydrogens (tertiary/aromatic N) is 2. The molecule has 144 valence electrons. The molecule has 8 nitrogen and oxygen atoms in total. The molecule has 0 radical (unpaired) electrons. The van der Waals surface area contributed by atoms with Gasteiger partial charge in [0.2, 0.25) is 10.0 Å². The summed E-state index contributed by atoms with van der Waals surface area (Å²) in [5.74, 6) is -0.745. The molecule has 0 aliphatic heterocycles. The van der Waals surface area contributed by atoms with Crippen LogP contribution in [0.15, 0.2) is 47.4 Å². The zero-order valence-corrected chi connectivity index (χ0v) is 16.2. The molecule has 0 atom stereocenters. The molecule has 2 aromatic carbocycles. The number of amides is 1. The molecule has 0 saturated carbocycles. The lowest BCUT2D eigenvalue weighted by Crippen LogP contribution is -2.30. The van der Waals surface area contributed by atoms with Crippen molar-refractivity contribution in [3.8, 4) is 0 Å². The summed E-state index contributed by atoms with van der Waals surface area (Å²) in [4.78, 5) is 22.9. The number of rotatable bonds is 7. The van der Waals surface area contributed by atoms with Crippen LogP contribution in [0.2, 0.25) is 5.02 Å². The van der Waals surface area contributed by atoms with Gasteiger partial charge in [-0.2, -0.15) is 4.31 Å². The van der Waals surface area contributed by atoms with Gasteiger partial charge in [0.1, 0.15) is 5.69 Å². The molecule has 1 N–H and O–H groups in total. The summed E-state index contributed by atoms with van der Waals surface area (Å²) in [7, 11) is -3.78. The number of para-hydroxylation sites is 2. The molecule has 0 bridgehead atoms. The van der Waals surface area contributed by atoms with Gasteiger partial charge in [0.15, 0.2) is 0 Å². The Morgan fingerprint density at radius 1 is 1.19 bits per heavy atom. The van der Waals surface area contributed by atoms with Crippen molar-refractivity contribution in [1.29, 1.82) is 0 Å². The van der Waals surface area contributed by atoms with Crippen LogP contribution >= 0.6 is 11.6 Å². The Labute approximate surface area is 162 Å². The van der Waals surface area contributed by atoms with Gasteiger partial charge in [-0.1, -0.05) is 37.6 Å². The van der Waals surface area contributed by atoms with E-state index in [9.17, 15) is 23.3 Å². The number of nitro benzene ring substituents is 1. The Morgan fingerprint density at radius 2 is 1.81 bits per heavy atom. The highest BCUT2D eigenvalue weighted by Gasteiger charge is 2.24. The van der Waals surface area contributed by atoms with Crippen molar-refractivity contribution in [1.82, 2.24) is 4.31 Å². The number of nitrogens with one attached hydrogen (secondary N) is 1. The number of halogens is 1. The molecule has 2 rings (SSSR count). The van der Waals surface area contributed by atoms with Crippen molar-refractivity contribution in [2.24, 2.45) is 0 Å². The zero-order valence-electron chi connectivity index (χ0n) is 14.7. The number of carbonyl (C=O) groups is 1. The maximum atomic E-state index is 12.6. The summed E-state index contributed by atoms with van der Waals surface area (Å²) in [6.07, 6.45) is 0. The second-order valence-electron chi connectivity index (χ2n) is 5.46. The maximum absolute atomic E-state index is 12.6. The number of sulfonamides is 1. The van der Waals surface area contributed by atoms with E-state index in [4.69, 9.17) is 11.6 Å². The summed E-state index contributed by atoms with van der Waals surface area (Å²) in [5, 5.41) is 13.5. The Balaban J connectivity index is 2.42. The van der Waals surface area contributed by atoms with Crippen molar-refractivity contribution in [2.45, 2.75) is 18.7 Å². The molecule has 1 amide bonds. The molecule has 27 heavy (non-hydrogen) atoms. The van der Waals surface area contributed by atoms with E-state index in [-0.39, 0.29) is 39.9 Å². The van der Waals surface area contributed by atoms with E-state index in [2.05, 4.69) is 5.32 Å². The van der Waals surface area contributed by atoms with Crippen molar-refractivity contribution in [3.63, 3.8) is 0 Å². The molecule has 2 aromatic rings. The molecule has 0 aliphatic carbocycles. The second kappa shape index (κ2) is 8.47. The fraction of sp³-hybridized carbons (Fsp3) is 0.235. The van der Waals surface area contributed by atoms with Crippen LogP contribution in [0, 0.1) is 10.1 Å². The lowest BCUT2D eigenvalue weighted by Gasteiger charge is -2.19. The highest BCUT2D eigenvalue weighted by molar-refractivity contribution is 7.89. The molecular weight excluding hydrogens is 394 g/mol. The molecular formula is C17H18ClN3O5S. The minimum absolute atomic E-state index is 0.0134. The van der Waals surface area contributed by atoms with Gasteiger partial charge >= 0.3 is 0 Å². The molecule has 0 saturated heterocycles. The molecule has 0 aromatic heterocycles. The third-order valence-corrected chi connectivity index (χ3v) is 6.25. The van der Waals surface area contributed by atoms with Crippen molar-refractivity contribution < 1.29 is 18.1 Å². The molecule has 10 heteroatoms. The summed E-state index contributed by atoms with van der Waals surface area (Å²) < 4.78 is 26.5. The van der Waals surface area contributed by atoms with E-state index in [0.29, 0.717) is 0 Å². The minimum Gasteiger partial charge on any atom is -0.316 e. The fourth-order valence-corrected chi connectivity index (χ4v) is 4.17. The van der Waals surface area contributed by atoms with E-state index in [1.807, 2.05) is 0 Å². The SMILES string of the molecule is CCN(CC)S(=O)(=O)c1ccc(Cl)c(C(=O)Nc2ccccc2[N+](=O)[O-])c1. The van der Waals surface area contributed by atoms with Crippen molar-refractivity contribution in [3.05, 3.63) is 63.2 Å². The van der Waals surface area contributed by atoms with Crippen LogP contribution in [0.5, 0.6) is 0 Å². The van der Waals surface area contributed by atoms with E-state index in [1.165, 1.54) is 46.8 Å². The van der Waals surface area contributed by atoms with Crippen molar-refractivity contribution in [2.75, 3.05) is 18.4 Å². The maximum Gasteiger partial charge on any atom is 0.292 e. The van der Waals surface area contributed by atoms with Crippen LogP contribution < -0.4 is 5.32 Å². The highest BCUT2D eigenvalue weighted by atomic mass is 35.5. The van der Waals surface area contributed by atoms with Gasteiger partial charge in [0, 0.05) is 19.2 Å². The first-order valence-electron chi connectivity index (χ1n) is 8.06. The van der Waals surface area contributed by atoms with Crippen LogP contribution in [0.3, 0.4) is 0 Å². The van der Waals surface area contributed by atoms with Gasteiger partial charge in [0.05, 0.1) is 20.4 Å². The van der Waals surface area contributed by atoms with E-state index >= 15 is 0 Å². The predicted molar refractivity (Wildman–Crippen MR) is 103 cm³/mol. The Morgan fingerprint density at radius 3 is 2.41 bits per heavy atom. The second-order valence-corrected chi connectivity index (χ2v) is 7.80. The third-order valence-electron chi connectivity index (χ3n) is 3.87. The first-order chi connectivity index (χ1) is 12.7. The van der Waals surface area contributed by atoms with Crippen LogP contribution in [0.4, 0.5) is 11.4 Å². The first-order valence-corrected chi connectivity index (χ1v) is 9.88. The lowest BCUT2D eigenvalue weighted by molar-refractivity contribution is -0.383. The van der Waals surface area contributed by atoms with Gasteiger partial charge in [-0.3, -0.25) is 14.9 Å². The molecule has 0 aliphatic rings. The highest BCUT2D eigenvalue weighted by Crippen LogP contribution is 2.27. The zero-order chi connectivity index (χ0) is 20.2. The van der Waals surface area contributed by atoms with E-state index in [1.54, 1.807) is 13.8 Å². The Bertz CT molecular complexity index is 974. The predicted octanol–water partition coefficient (Wildman–Crippen LogP) is 3.53. The number of hydrogen-bond acceptors (Lipinski definition) is 5. The number of benzene rings is 2. The summed E-state index contributed by atoms with van der Waals surface area (Å²) in [5.41, 5.74) is -0.391. The minimum atomic E-state index is -3.78. The first kappa shape index (κ1) is 20.8. The van der Waals surface area contributed by atoms with E-state index in [0.717, 1.165) is 0 Å². The van der Waals surface area contributed by atoms with Crippen LogP contribution in [0.1, 0.15) is 24.2 Å². The lowest BCUT2D eigenvalue weighted by atomic mass is 10.2. The largest absolute Gasteiger partial charge is 0.316 e. The topological polar surface area (TPSA) is 110 Å². The quantitative estimate of drug-likeness (QED) is 0.553. The van der Waals surface area contributed by atoms with Gasteiger partial charge in [-0.15, -0.1) is 0 Å². The van der Waals surface area contributed by atoms with Gasteiger partial charge in [-0.25, -0.2) is 8.42 Å². The third kappa shape index (κ3) is 4.44. The monoisotopic (exact) mass is 411 g/mol. The van der Waals surface area contributed by atoms with Gasteiger partial charge in [-0.05, 0) is 24.3 Å². The average molecular weight is 412 g/mol. The fourth-order valence-electron chi connectivity index (χ4n) is 2.48. The summed E-state index contributed by atoms with van der Waals surface area (Å²) in [6.45, 7) is 3.97. The van der Waals surface area contributed by atoms with E-state index < -0.39 is 20.9 Å². The number of carbonyl (C=O) groups excluding carboxylic acids is 1. The van der Waals surface area contributed by atoms with Crippen LogP contribution in [-0.4, -0.2) is 36.6 Å². The average Bonchev–Trinajstić information content (AvgIpc) is 2.62.